The number of carbonyl (C=O) groups is 2. The Labute approximate surface area is 111 Å². The maximum absolute atomic E-state index is 11.9. The number of rotatable bonds is 4. The van der Waals surface area contributed by atoms with Crippen LogP contribution in [0.1, 0.15) is 18.4 Å². The van der Waals surface area contributed by atoms with Gasteiger partial charge in [-0.25, -0.2) is 0 Å². The van der Waals surface area contributed by atoms with Gasteiger partial charge < -0.3 is 16.0 Å². The Morgan fingerprint density at radius 3 is 2.95 bits per heavy atom. The van der Waals surface area contributed by atoms with E-state index in [0.29, 0.717) is 18.0 Å². The predicted octanol–water partition coefficient (Wildman–Crippen LogP) is 0.684. The van der Waals surface area contributed by atoms with Crippen molar-refractivity contribution < 1.29 is 9.59 Å². The quantitative estimate of drug-likeness (QED) is 0.781. The summed E-state index contributed by atoms with van der Waals surface area (Å²) in [4.78, 5) is 25.3. The molecular formula is C14H17N3O2. The van der Waals surface area contributed by atoms with Crippen LogP contribution in [0.15, 0.2) is 18.2 Å². The molecule has 1 heterocycles. The second-order valence-corrected chi connectivity index (χ2v) is 5.29. The number of hydrogen-bond acceptors (Lipinski definition) is 3. The summed E-state index contributed by atoms with van der Waals surface area (Å²) < 4.78 is 0. The first kappa shape index (κ1) is 12.0. The SMILES string of the molecule is Nc1ccc2c(c1)CC(=O)N2CC(=O)NCC1CC1. The maximum atomic E-state index is 11.9. The molecule has 0 aromatic heterocycles. The fraction of sp³-hybridized carbons (Fsp3) is 0.429. The van der Waals surface area contributed by atoms with E-state index in [0.717, 1.165) is 17.8 Å². The Kier molecular flexibility index (Phi) is 2.89. The maximum Gasteiger partial charge on any atom is 0.240 e. The molecule has 3 N–H and O–H groups in total. The lowest BCUT2D eigenvalue weighted by atomic mass is 10.1. The number of anilines is 2. The number of benzene rings is 1. The second-order valence-electron chi connectivity index (χ2n) is 5.29. The van der Waals surface area contributed by atoms with Gasteiger partial charge in [0.2, 0.25) is 11.8 Å². The van der Waals surface area contributed by atoms with Gasteiger partial charge in [0.1, 0.15) is 6.54 Å². The van der Waals surface area contributed by atoms with Crippen molar-refractivity contribution in [2.24, 2.45) is 5.92 Å². The van der Waals surface area contributed by atoms with E-state index in [9.17, 15) is 9.59 Å². The van der Waals surface area contributed by atoms with Gasteiger partial charge in [-0.15, -0.1) is 0 Å². The molecular weight excluding hydrogens is 242 g/mol. The van der Waals surface area contributed by atoms with E-state index in [4.69, 9.17) is 5.73 Å². The number of carbonyl (C=O) groups excluding carboxylic acids is 2. The van der Waals surface area contributed by atoms with Crippen LogP contribution in [-0.2, 0) is 16.0 Å². The smallest absolute Gasteiger partial charge is 0.240 e. The van der Waals surface area contributed by atoms with Crippen molar-refractivity contribution in [2.75, 3.05) is 23.7 Å². The van der Waals surface area contributed by atoms with Gasteiger partial charge in [-0.1, -0.05) is 0 Å². The van der Waals surface area contributed by atoms with Crippen LogP contribution in [0.25, 0.3) is 0 Å². The lowest BCUT2D eigenvalue weighted by Crippen LogP contribution is -2.39. The largest absolute Gasteiger partial charge is 0.399 e. The molecule has 0 atom stereocenters. The fourth-order valence-corrected chi connectivity index (χ4v) is 2.36. The minimum Gasteiger partial charge on any atom is -0.399 e. The molecule has 2 aliphatic rings. The molecule has 19 heavy (non-hydrogen) atoms. The van der Waals surface area contributed by atoms with E-state index in [2.05, 4.69) is 5.32 Å². The summed E-state index contributed by atoms with van der Waals surface area (Å²) in [5, 5.41) is 2.88. The van der Waals surface area contributed by atoms with E-state index in [-0.39, 0.29) is 18.4 Å². The number of nitrogens with zero attached hydrogens (tertiary/aromatic N) is 1. The van der Waals surface area contributed by atoms with Crippen LogP contribution in [0.4, 0.5) is 11.4 Å². The molecule has 1 saturated carbocycles. The molecule has 0 spiro atoms. The predicted molar refractivity (Wildman–Crippen MR) is 72.6 cm³/mol. The number of nitrogens with two attached hydrogens (primary N) is 1. The summed E-state index contributed by atoms with van der Waals surface area (Å²) in [6.07, 6.45) is 2.73. The highest BCUT2D eigenvalue weighted by Gasteiger charge is 2.29. The first-order valence-corrected chi connectivity index (χ1v) is 6.59. The monoisotopic (exact) mass is 259 g/mol. The van der Waals surface area contributed by atoms with Crippen LogP contribution in [-0.4, -0.2) is 24.9 Å². The summed E-state index contributed by atoms with van der Waals surface area (Å²) in [5.41, 5.74) is 8.06. The summed E-state index contributed by atoms with van der Waals surface area (Å²) in [7, 11) is 0. The van der Waals surface area contributed by atoms with E-state index in [1.165, 1.54) is 17.7 Å². The number of fused-ring (bicyclic) bond motifs is 1. The Balaban J connectivity index is 1.67. The molecule has 0 unspecified atom stereocenters. The van der Waals surface area contributed by atoms with Crippen LogP contribution >= 0.6 is 0 Å². The first-order valence-electron chi connectivity index (χ1n) is 6.59. The van der Waals surface area contributed by atoms with Crippen molar-refractivity contribution in [3.63, 3.8) is 0 Å². The fourth-order valence-electron chi connectivity index (χ4n) is 2.36. The average molecular weight is 259 g/mol. The van der Waals surface area contributed by atoms with Crippen molar-refractivity contribution in [1.82, 2.24) is 5.32 Å². The van der Waals surface area contributed by atoms with Crippen molar-refractivity contribution in [1.29, 1.82) is 0 Å². The molecule has 1 aromatic carbocycles. The third kappa shape index (κ3) is 2.54. The third-order valence-corrected chi connectivity index (χ3v) is 3.62. The summed E-state index contributed by atoms with van der Waals surface area (Å²) >= 11 is 0. The molecule has 1 fully saturated rings. The molecule has 1 aromatic rings. The molecule has 2 amide bonds. The van der Waals surface area contributed by atoms with Gasteiger partial charge in [-0.3, -0.25) is 9.59 Å². The number of amides is 2. The summed E-state index contributed by atoms with van der Waals surface area (Å²) in [6.45, 7) is 0.831. The molecule has 0 radical (unpaired) electrons. The van der Waals surface area contributed by atoms with Crippen molar-refractivity contribution in [3.05, 3.63) is 23.8 Å². The zero-order valence-corrected chi connectivity index (χ0v) is 10.7. The van der Waals surface area contributed by atoms with Crippen LogP contribution in [0.5, 0.6) is 0 Å². The third-order valence-electron chi connectivity index (χ3n) is 3.62. The highest BCUT2D eigenvalue weighted by Crippen LogP contribution is 2.30. The standard InChI is InChI=1S/C14H17N3O2/c15-11-3-4-12-10(5-11)6-14(19)17(12)8-13(18)16-7-9-1-2-9/h3-5,9H,1-2,6-8,15H2,(H,16,18). The Hall–Kier alpha value is -2.04. The average Bonchev–Trinajstić information content (AvgIpc) is 3.14. The molecule has 3 rings (SSSR count). The highest BCUT2D eigenvalue weighted by atomic mass is 16.2. The normalized spacial score (nSPS) is 17.5. The van der Waals surface area contributed by atoms with E-state index in [1.807, 2.05) is 6.07 Å². The first-order chi connectivity index (χ1) is 9.13. The zero-order chi connectivity index (χ0) is 13.4. The highest BCUT2D eigenvalue weighted by molar-refractivity contribution is 6.05. The van der Waals surface area contributed by atoms with Gasteiger partial charge >= 0.3 is 0 Å². The number of nitrogens with one attached hydrogen (secondary N) is 1. The molecule has 100 valence electrons. The lowest BCUT2D eigenvalue weighted by molar-refractivity contribution is -0.123. The van der Waals surface area contributed by atoms with Gasteiger partial charge in [-0.2, -0.15) is 0 Å². The Bertz CT molecular complexity index is 537. The zero-order valence-electron chi connectivity index (χ0n) is 10.7. The summed E-state index contributed by atoms with van der Waals surface area (Å²) in [5.74, 6) is 0.511. The van der Waals surface area contributed by atoms with Gasteiger partial charge in [0.15, 0.2) is 0 Å². The topological polar surface area (TPSA) is 75.4 Å². The van der Waals surface area contributed by atoms with Crippen molar-refractivity contribution >= 4 is 23.2 Å². The second kappa shape index (κ2) is 4.57. The van der Waals surface area contributed by atoms with Gasteiger partial charge in [0, 0.05) is 17.9 Å². The molecule has 1 aliphatic heterocycles. The summed E-state index contributed by atoms with van der Waals surface area (Å²) in [6, 6.07) is 5.37. The van der Waals surface area contributed by atoms with Crippen LogP contribution in [0, 0.1) is 5.92 Å². The van der Waals surface area contributed by atoms with E-state index < -0.39 is 0 Å². The minimum atomic E-state index is -0.0927. The van der Waals surface area contributed by atoms with Crippen LogP contribution in [0.3, 0.4) is 0 Å². The van der Waals surface area contributed by atoms with Crippen LogP contribution < -0.4 is 16.0 Å². The number of hydrogen-bond donors (Lipinski definition) is 2. The molecule has 5 nitrogen and oxygen atoms in total. The van der Waals surface area contributed by atoms with Gasteiger partial charge in [0.25, 0.3) is 0 Å². The van der Waals surface area contributed by atoms with Gasteiger partial charge in [-0.05, 0) is 42.5 Å². The van der Waals surface area contributed by atoms with Crippen LogP contribution in [0.2, 0.25) is 0 Å². The molecule has 0 bridgehead atoms. The van der Waals surface area contributed by atoms with E-state index in [1.54, 1.807) is 12.1 Å². The Morgan fingerprint density at radius 2 is 2.21 bits per heavy atom. The number of nitrogen functional groups attached to an aromatic ring is 1. The molecule has 0 saturated heterocycles. The van der Waals surface area contributed by atoms with Crippen molar-refractivity contribution in [3.8, 4) is 0 Å². The van der Waals surface area contributed by atoms with Gasteiger partial charge in [0.05, 0.1) is 6.42 Å². The lowest BCUT2D eigenvalue weighted by Gasteiger charge is -2.17. The minimum absolute atomic E-state index is 0.0397. The van der Waals surface area contributed by atoms with Crippen molar-refractivity contribution in [2.45, 2.75) is 19.3 Å². The van der Waals surface area contributed by atoms with E-state index >= 15 is 0 Å². The molecule has 5 heteroatoms. The molecule has 1 aliphatic carbocycles. The Morgan fingerprint density at radius 1 is 1.42 bits per heavy atom.